The van der Waals surface area contributed by atoms with E-state index in [1.165, 1.54) is 0 Å². The van der Waals surface area contributed by atoms with Crippen molar-refractivity contribution < 1.29 is 14.7 Å². The zero-order valence-electron chi connectivity index (χ0n) is 10.8. The van der Waals surface area contributed by atoms with Crippen LogP contribution < -0.4 is 10.6 Å². The van der Waals surface area contributed by atoms with Crippen LogP contribution in [0.3, 0.4) is 0 Å². The zero-order valence-corrected chi connectivity index (χ0v) is 11.6. The molecule has 0 spiro atoms. The smallest absolute Gasteiger partial charge is 0.315 e. The molecule has 1 aliphatic rings. The van der Waals surface area contributed by atoms with Gasteiger partial charge in [0.2, 0.25) is 0 Å². The molecule has 19 heavy (non-hydrogen) atoms. The van der Waals surface area contributed by atoms with Crippen LogP contribution in [-0.4, -0.2) is 23.1 Å². The number of hydrogen-bond acceptors (Lipinski definition) is 3. The van der Waals surface area contributed by atoms with E-state index in [0.717, 1.165) is 12.0 Å². The fraction of sp³-hybridized carbons (Fsp3) is 0.538. The van der Waals surface area contributed by atoms with E-state index in [4.69, 9.17) is 0 Å². The Morgan fingerprint density at radius 1 is 1.58 bits per heavy atom. The summed E-state index contributed by atoms with van der Waals surface area (Å²) in [5, 5.41) is 18.7. The number of carbonyl (C=O) groups is 2. The van der Waals surface area contributed by atoms with Gasteiger partial charge >= 0.3 is 12.0 Å². The van der Waals surface area contributed by atoms with Gasteiger partial charge in [-0.2, -0.15) is 11.3 Å². The maximum Gasteiger partial charge on any atom is 0.315 e. The quantitative estimate of drug-likeness (QED) is 0.792. The van der Waals surface area contributed by atoms with E-state index in [1.54, 1.807) is 18.3 Å². The predicted molar refractivity (Wildman–Crippen MR) is 73.1 cm³/mol. The molecular formula is C13H18N2O3S. The maximum atomic E-state index is 11.8. The Hall–Kier alpha value is -1.56. The number of hydrogen-bond donors (Lipinski definition) is 3. The fourth-order valence-electron chi connectivity index (χ4n) is 2.44. The molecule has 1 fully saturated rings. The van der Waals surface area contributed by atoms with Crippen LogP contribution in [0.4, 0.5) is 4.79 Å². The van der Waals surface area contributed by atoms with E-state index >= 15 is 0 Å². The van der Waals surface area contributed by atoms with Gasteiger partial charge in [0, 0.05) is 12.6 Å². The Morgan fingerprint density at radius 3 is 3.00 bits per heavy atom. The van der Waals surface area contributed by atoms with Crippen LogP contribution in [-0.2, 0) is 11.3 Å². The highest BCUT2D eigenvalue weighted by atomic mass is 32.1. The second kappa shape index (κ2) is 5.61. The first-order chi connectivity index (χ1) is 9.02. The van der Waals surface area contributed by atoms with E-state index in [9.17, 15) is 14.7 Å². The van der Waals surface area contributed by atoms with E-state index in [2.05, 4.69) is 10.6 Å². The predicted octanol–water partition coefficient (Wildman–Crippen LogP) is 2.19. The van der Waals surface area contributed by atoms with Crippen LogP contribution in [0, 0.1) is 5.41 Å². The average molecular weight is 282 g/mol. The molecule has 1 saturated carbocycles. The van der Waals surface area contributed by atoms with Gasteiger partial charge in [-0.1, -0.05) is 6.42 Å². The molecular weight excluding hydrogens is 264 g/mol. The van der Waals surface area contributed by atoms with Gasteiger partial charge in [-0.05, 0) is 42.2 Å². The van der Waals surface area contributed by atoms with Crippen LogP contribution in [0.5, 0.6) is 0 Å². The summed E-state index contributed by atoms with van der Waals surface area (Å²) in [5.74, 6) is -0.840. The number of urea groups is 1. The minimum atomic E-state index is -0.847. The Morgan fingerprint density at radius 2 is 2.37 bits per heavy atom. The highest BCUT2D eigenvalue weighted by Gasteiger charge is 2.45. The van der Waals surface area contributed by atoms with Crippen LogP contribution in [0.25, 0.3) is 0 Å². The van der Waals surface area contributed by atoms with Crippen molar-refractivity contribution in [2.75, 3.05) is 0 Å². The molecule has 2 unspecified atom stereocenters. The third-order valence-electron chi connectivity index (χ3n) is 3.79. The summed E-state index contributed by atoms with van der Waals surface area (Å²) in [4.78, 5) is 23.1. The summed E-state index contributed by atoms with van der Waals surface area (Å²) in [6.45, 7) is 2.16. The van der Waals surface area contributed by atoms with Gasteiger partial charge in [-0.15, -0.1) is 0 Å². The molecule has 0 aromatic carbocycles. The summed E-state index contributed by atoms with van der Waals surface area (Å²) < 4.78 is 0. The summed E-state index contributed by atoms with van der Waals surface area (Å²) in [5.41, 5.74) is 0.201. The molecule has 0 saturated heterocycles. The van der Waals surface area contributed by atoms with E-state index < -0.39 is 11.4 Å². The zero-order chi connectivity index (χ0) is 13.9. The van der Waals surface area contributed by atoms with Gasteiger partial charge in [-0.25, -0.2) is 4.79 Å². The molecule has 6 heteroatoms. The van der Waals surface area contributed by atoms with Crippen molar-refractivity contribution in [3.8, 4) is 0 Å². The molecule has 3 N–H and O–H groups in total. The number of thiophene rings is 1. The van der Waals surface area contributed by atoms with Gasteiger partial charge in [0.1, 0.15) is 0 Å². The lowest BCUT2D eigenvalue weighted by molar-refractivity contribution is -0.148. The van der Waals surface area contributed by atoms with E-state index in [1.807, 2.05) is 16.8 Å². The van der Waals surface area contributed by atoms with Crippen LogP contribution in [0.1, 0.15) is 31.7 Å². The Labute approximate surface area is 116 Å². The van der Waals surface area contributed by atoms with Crippen LogP contribution >= 0.6 is 11.3 Å². The van der Waals surface area contributed by atoms with Crippen molar-refractivity contribution in [3.05, 3.63) is 22.4 Å². The van der Waals surface area contributed by atoms with Crippen molar-refractivity contribution in [1.29, 1.82) is 0 Å². The monoisotopic (exact) mass is 282 g/mol. The van der Waals surface area contributed by atoms with Crippen molar-refractivity contribution in [3.63, 3.8) is 0 Å². The molecule has 1 heterocycles. The molecule has 2 atom stereocenters. The Bertz CT molecular complexity index is 460. The summed E-state index contributed by atoms with van der Waals surface area (Å²) >= 11 is 1.58. The number of aliphatic carboxylic acids is 1. The van der Waals surface area contributed by atoms with E-state index in [0.29, 0.717) is 19.4 Å². The topological polar surface area (TPSA) is 78.4 Å². The molecule has 104 valence electrons. The van der Waals surface area contributed by atoms with Crippen molar-refractivity contribution in [1.82, 2.24) is 10.6 Å². The second-order valence-electron chi connectivity index (χ2n) is 5.13. The van der Waals surface area contributed by atoms with Gasteiger partial charge < -0.3 is 15.7 Å². The standard InChI is InChI=1S/C13H18N2O3S/c1-13(11(16)17)5-2-3-10(13)15-12(18)14-7-9-4-6-19-8-9/h4,6,8,10H,2-3,5,7H2,1H3,(H,16,17)(H2,14,15,18). The van der Waals surface area contributed by atoms with Crippen LogP contribution in [0.15, 0.2) is 16.8 Å². The number of nitrogens with one attached hydrogen (secondary N) is 2. The first kappa shape index (κ1) is 13.9. The third kappa shape index (κ3) is 3.07. The summed E-state index contributed by atoms with van der Waals surface area (Å²) in [6, 6.07) is 1.35. The third-order valence-corrected chi connectivity index (χ3v) is 4.52. The van der Waals surface area contributed by atoms with Crippen LogP contribution in [0.2, 0.25) is 0 Å². The largest absolute Gasteiger partial charge is 0.481 e. The molecule has 1 aliphatic carbocycles. The molecule has 2 rings (SSSR count). The lowest BCUT2D eigenvalue weighted by Gasteiger charge is -2.27. The summed E-state index contributed by atoms with van der Waals surface area (Å²) in [6.07, 6.45) is 2.16. The number of carboxylic acids is 1. The number of rotatable bonds is 4. The lowest BCUT2D eigenvalue weighted by Crippen LogP contribution is -2.50. The highest BCUT2D eigenvalue weighted by molar-refractivity contribution is 7.07. The Kier molecular flexibility index (Phi) is 4.09. The molecule has 2 amide bonds. The second-order valence-corrected chi connectivity index (χ2v) is 5.91. The highest BCUT2D eigenvalue weighted by Crippen LogP contribution is 2.38. The van der Waals surface area contributed by atoms with Gasteiger partial charge in [0.15, 0.2) is 0 Å². The SMILES string of the molecule is CC1(C(=O)O)CCCC1NC(=O)NCc1ccsc1. The lowest BCUT2D eigenvalue weighted by atomic mass is 9.85. The first-order valence-electron chi connectivity index (χ1n) is 6.31. The first-order valence-corrected chi connectivity index (χ1v) is 7.25. The van der Waals surface area contributed by atoms with Gasteiger partial charge in [0.05, 0.1) is 5.41 Å². The Balaban J connectivity index is 1.86. The van der Waals surface area contributed by atoms with E-state index in [-0.39, 0.29) is 12.1 Å². The minimum Gasteiger partial charge on any atom is -0.481 e. The van der Waals surface area contributed by atoms with Gasteiger partial charge in [-0.3, -0.25) is 4.79 Å². The average Bonchev–Trinajstić information content (AvgIpc) is 2.98. The van der Waals surface area contributed by atoms with Crippen molar-refractivity contribution >= 4 is 23.3 Å². The van der Waals surface area contributed by atoms with Crippen molar-refractivity contribution in [2.45, 2.75) is 38.8 Å². The normalized spacial score (nSPS) is 26.1. The van der Waals surface area contributed by atoms with Gasteiger partial charge in [0.25, 0.3) is 0 Å². The molecule has 0 radical (unpaired) electrons. The maximum absolute atomic E-state index is 11.8. The molecule has 5 nitrogen and oxygen atoms in total. The number of amides is 2. The molecule has 1 aromatic rings. The number of carboxylic acid groups (broad SMARTS) is 1. The molecule has 1 aromatic heterocycles. The minimum absolute atomic E-state index is 0.299. The number of carbonyl (C=O) groups excluding carboxylic acids is 1. The molecule has 0 bridgehead atoms. The molecule has 0 aliphatic heterocycles. The summed E-state index contributed by atoms with van der Waals surface area (Å²) in [7, 11) is 0. The fourth-order valence-corrected chi connectivity index (χ4v) is 3.11. The van der Waals surface area contributed by atoms with Crippen molar-refractivity contribution in [2.24, 2.45) is 5.41 Å².